The Labute approximate surface area is 162 Å². The summed E-state index contributed by atoms with van der Waals surface area (Å²) in [5, 5.41) is 3.27. The van der Waals surface area contributed by atoms with Crippen LogP contribution in [-0.4, -0.2) is 38.2 Å². The number of nitrogens with zero attached hydrogens (tertiary/aromatic N) is 5. The molecular weight excluding hydrogens is 356 g/mol. The molecule has 4 aromatic rings. The molecule has 0 bridgehead atoms. The van der Waals surface area contributed by atoms with E-state index in [1.54, 1.807) is 24.2 Å². The second-order valence-corrected chi connectivity index (χ2v) is 5.99. The second-order valence-electron chi connectivity index (χ2n) is 5.99. The fraction of sp³-hybridized carbons (Fsp3) is 0.200. The van der Waals surface area contributed by atoms with Crippen LogP contribution in [0.5, 0.6) is 11.6 Å². The zero-order valence-electron chi connectivity index (χ0n) is 15.7. The standard InChI is InChI=1S/C20H20N6O2/c1-3-28-18-6-4-5-17(25-18)26-13-23-19-20(26)22-12-16(24-19)21-11-14-7-9-15(27-2)10-8-14/h4-10,12-13H,3,11H2,1-2H3,(H,21,24). The van der Waals surface area contributed by atoms with Crippen LogP contribution in [0.25, 0.3) is 17.1 Å². The number of aromatic nitrogens is 5. The van der Waals surface area contributed by atoms with Gasteiger partial charge in [0.15, 0.2) is 11.3 Å². The molecule has 0 aliphatic rings. The molecule has 3 heterocycles. The third-order valence-corrected chi connectivity index (χ3v) is 4.14. The van der Waals surface area contributed by atoms with E-state index in [0.717, 1.165) is 11.3 Å². The minimum atomic E-state index is 0.545. The molecule has 0 saturated heterocycles. The second kappa shape index (κ2) is 7.91. The molecule has 0 aliphatic heterocycles. The first kappa shape index (κ1) is 17.7. The molecule has 0 radical (unpaired) electrons. The van der Waals surface area contributed by atoms with Gasteiger partial charge in [-0.25, -0.2) is 15.0 Å². The maximum Gasteiger partial charge on any atom is 0.215 e. The fourth-order valence-corrected chi connectivity index (χ4v) is 2.75. The maximum absolute atomic E-state index is 5.47. The van der Waals surface area contributed by atoms with Crippen molar-refractivity contribution in [3.63, 3.8) is 0 Å². The van der Waals surface area contributed by atoms with E-state index >= 15 is 0 Å². The summed E-state index contributed by atoms with van der Waals surface area (Å²) in [6.07, 6.45) is 3.35. The monoisotopic (exact) mass is 376 g/mol. The van der Waals surface area contributed by atoms with Crippen LogP contribution >= 0.6 is 0 Å². The number of ether oxygens (including phenoxy) is 2. The van der Waals surface area contributed by atoms with Gasteiger partial charge in [-0.05, 0) is 30.7 Å². The van der Waals surface area contributed by atoms with Crippen LogP contribution in [0.2, 0.25) is 0 Å². The van der Waals surface area contributed by atoms with Crippen LogP contribution in [0.3, 0.4) is 0 Å². The van der Waals surface area contributed by atoms with Gasteiger partial charge in [0, 0.05) is 12.6 Å². The molecule has 0 atom stereocenters. The number of methoxy groups -OCH3 is 1. The van der Waals surface area contributed by atoms with E-state index in [9.17, 15) is 0 Å². The summed E-state index contributed by atoms with van der Waals surface area (Å²) >= 11 is 0. The van der Waals surface area contributed by atoms with Crippen LogP contribution in [0.4, 0.5) is 5.82 Å². The lowest BCUT2D eigenvalue weighted by atomic mass is 10.2. The van der Waals surface area contributed by atoms with Crippen molar-refractivity contribution >= 4 is 17.1 Å². The number of hydrogen-bond donors (Lipinski definition) is 1. The van der Waals surface area contributed by atoms with Gasteiger partial charge in [0.2, 0.25) is 5.88 Å². The van der Waals surface area contributed by atoms with Crippen LogP contribution < -0.4 is 14.8 Å². The summed E-state index contributed by atoms with van der Waals surface area (Å²) in [6.45, 7) is 3.11. The highest BCUT2D eigenvalue weighted by molar-refractivity contribution is 5.69. The molecule has 1 N–H and O–H groups in total. The number of fused-ring (bicyclic) bond motifs is 1. The maximum atomic E-state index is 5.47. The number of nitrogens with one attached hydrogen (secondary N) is 1. The molecule has 3 aromatic heterocycles. The molecule has 8 nitrogen and oxygen atoms in total. The zero-order chi connectivity index (χ0) is 19.3. The normalized spacial score (nSPS) is 10.8. The Morgan fingerprint density at radius 1 is 1.04 bits per heavy atom. The van der Waals surface area contributed by atoms with Crippen LogP contribution in [0.15, 0.2) is 55.0 Å². The highest BCUT2D eigenvalue weighted by Crippen LogP contribution is 2.18. The average Bonchev–Trinajstić information content (AvgIpc) is 3.16. The minimum absolute atomic E-state index is 0.545. The summed E-state index contributed by atoms with van der Waals surface area (Å²) in [7, 11) is 1.65. The number of anilines is 1. The van der Waals surface area contributed by atoms with Gasteiger partial charge in [-0.15, -0.1) is 0 Å². The predicted molar refractivity (Wildman–Crippen MR) is 106 cm³/mol. The van der Waals surface area contributed by atoms with Crippen molar-refractivity contribution in [2.24, 2.45) is 0 Å². The van der Waals surface area contributed by atoms with E-state index in [1.165, 1.54) is 0 Å². The highest BCUT2D eigenvalue weighted by atomic mass is 16.5. The van der Waals surface area contributed by atoms with Gasteiger partial charge in [-0.1, -0.05) is 18.2 Å². The number of imidazole rings is 1. The number of benzene rings is 1. The first-order valence-electron chi connectivity index (χ1n) is 8.94. The molecule has 1 aromatic carbocycles. The van der Waals surface area contributed by atoms with Crippen molar-refractivity contribution in [2.45, 2.75) is 13.5 Å². The molecular formula is C20H20N6O2. The van der Waals surface area contributed by atoms with Gasteiger partial charge in [0.25, 0.3) is 0 Å². The molecule has 0 amide bonds. The summed E-state index contributed by atoms with van der Waals surface area (Å²) in [5.41, 5.74) is 2.30. The molecule has 28 heavy (non-hydrogen) atoms. The van der Waals surface area contributed by atoms with E-state index in [4.69, 9.17) is 9.47 Å². The van der Waals surface area contributed by atoms with Crippen molar-refractivity contribution < 1.29 is 9.47 Å². The summed E-state index contributed by atoms with van der Waals surface area (Å²) in [5.74, 6) is 2.73. The molecule has 0 aliphatic carbocycles. The van der Waals surface area contributed by atoms with E-state index in [0.29, 0.717) is 42.0 Å². The lowest BCUT2D eigenvalue weighted by Gasteiger charge is -2.07. The first-order valence-corrected chi connectivity index (χ1v) is 8.94. The van der Waals surface area contributed by atoms with Gasteiger partial charge in [-0.3, -0.25) is 4.57 Å². The third kappa shape index (κ3) is 3.71. The Hall–Kier alpha value is -3.68. The summed E-state index contributed by atoms with van der Waals surface area (Å²) < 4.78 is 12.4. The average molecular weight is 376 g/mol. The summed E-state index contributed by atoms with van der Waals surface area (Å²) in [6, 6.07) is 13.4. The third-order valence-electron chi connectivity index (χ3n) is 4.14. The smallest absolute Gasteiger partial charge is 0.215 e. The van der Waals surface area contributed by atoms with Gasteiger partial charge in [0.1, 0.15) is 23.7 Å². The minimum Gasteiger partial charge on any atom is -0.497 e. The van der Waals surface area contributed by atoms with Crippen LogP contribution in [0.1, 0.15) is 12.5 Å². The Bertz CT molecular complexity index is 1080. The van der Waals surface area contributed by atoms with Crippen LogP contribution in [-0.2, 0) is 6.54 Å². The van der Waals surface area contributed by atoms with Crippen molar-refractivity contribution in [3.05, 3.63) is 60.6 Å². The number of rotatable bonds is 7. The van der Waals surface area contributed by atoms with E-state index in [2.05, 4.69) is 25.3 Å². The van der Waals surface area contributed by atoms with E-state index < -0.39 is 0 Å². The first-order chi connectivity index (χ1) is 13.8. The highest BCUT2D eigenvalue weighted by Gasteiger charge is 2.10. The van der Waals surface area contributed by atoms with E-state index in [1.807, 2.05) is 49.4 Å². The van der Waals surface area contributed by atoms with Crippen molar-refractivity contribution in [1.29, 1.82) is 0 Å². The molecule has 0 spiro atoms. The van der Waals surface area contributed by atoms with Crippen molar-refractivity contribution in [2.75, 3.05) is 19.0 Å². The van der Waals surface area contributed by atoms with Crippen LogP contribution in [0, 0.1) is 0 Å². The quantitative estimate of drug-likeness (QED) is 0.530. The van der Waals surface area contributed by atoms with Gasteiger partial charge in [0.05, 0.1) is 19.9 Å². The summed E-state index contributed by atoms with van der Waals surface area (Å²) in [4.78, 5) is 17.9. The van der Waals surface area contributed by atoms with Crippen molar-refractivity contribution in [1.82, 2.24) is 24.5 Å². The molecule has 8 heteroatoms. The topological polar surface area (TPSA) is 87.0 Å². The Morgan fingerprint density at radius 3 is 2.68 bits per heavy atom. The largest absolute Gasteiger partial charge is 0.497 e. The Balaban J connectivity index is 1.53. The fourth-order valence-electron chi connectivity index (χ4n) is 2.75. The molecule has 142 valence electrons. The molecule has 4 rings (SSSR count). The Morgan fingerprint density at radius 2 is 1.89 bits per heavy atom. The van der Waals surface area contributed by atoms with Gasteiger partial charge in [-0.2, -0.15) is 4.98 Å². The van der Waals surface area contributed by atoms with E-state index in [-0.39, 0.29) is 0 Å². The SMILES string of the molecule is CCOc1cccc(-n2cnc3nc(NCc4ccc(OC)cc4)cnc32)n1. The number of hydrogen-bond acceptors (Lipinski definition) is 7. The lowest BCUT2D eigenvalue weighted by Crippen LogP contribution is -2.03. The molecule has 0 fully saturated rings. The van der Waals surface area contributed by atoms with Gasteiger partial charge < -0.3 is 14.8 Å². The molecule has 0 unspecified atom stereocenters. The molecule has 0 saturated carbocycles. The predicted octanol–water partition coefficient (Wildman–Crippen LogP) is 3.23. The van der Waals surface area contributed by atoms with Gasteiger partial charge >= 0.3 is 0 Å². The Kier molecular flexibility index (Phi) is 5.01. The zero-order valence-corrected chi connectivity index (χ0v) is 15.7. The lowest BCUT2D eigenvalue weighted by molar-refractivity contribution is 0.326. The number of pyridine rings is 1. The van der Waals surface area contributed by atoms with Crippen molar-refractivity contribution in [3.8, 4) is 17.4 Å².